The molecule has 0 saturated heterocycles. The standard InChI is InChI=1S/C25H22N4OS/c1-14-8-10-16(11-9-14)23-28-21-20-17(13-30-3)12-15(2)26-25(20)31-22(21)24-27-18-6-4-5-7-19(18)29(23)24/h4-12,23,28H,13H2,1-3H3/t23-/m1/s1. The summed E-state index contributed by atoms with van der Waals surface area (Å²) in [5, 5.41) is 4.99. The number of hydrogen-bond donors (Lipinski definition) is 1. The van der Waals surface area contributed by atoms with Crippen molar-refractivity contribution in [2.75, 3.05) is 12.4 Å². The lowest BCUT2D eigenvalue weighted by atomic mass is 10.1. The molecule has 0 bridgehead atoms. The zero-order chi connectivity index (χ0) is 21.1. The number of benzene rings is 2. The molecule has 3 aromatic heterocycles. The van der Waals surface area contributed by atoms with Gasteiger partial charge < -0.3 is 10.1 Å². The summed E-state index contributed by atoms with van der Waals surface area (Å²) in [6.07, 6.45) is -0.0509. The van der Waals surface area contributed by atoms with Crippen molar-refractivity contribution in [1.29, 1.82) is 0 Å². The van der Waals surface area contributed by atoms with E-state index in [2.05, 4.69) is 65.3 Å². The number of ether oxygens (including phenoxy) is 1. The quantitative estimate of drug-likeness (QED) is 0.382. The summed E-state index contributed by atoms with van der Waals surface area (Å²) in [5.41, 5.74) is 7.84. The average molecular weight is 427 g/mol. The van der Waals surface area contributed by atoms with Crippen molar-refractivity contribution in [1.82, 2.24) is 14.5 Å². The Morgan fingerprint density at radius 3 is 2.68 bits per heavy atom. The van der Waals surface area contributed by atoms with Gasteiger partial charge in [0.15, 0.2) is 5.82 Å². The van der Waals surface area contributed by atoms with Crippen LogP contribution >= 0.6 is 11.3 Å². The molecule has 0 spiro atoms. The number of aromatic nitrogens is 3. The fourth-order valence-corrected chi connectivity index (χ4v) is 5.74. The summed E-state index contributed by atoms with van der Waals surface area (Å²) < 4.78 is 7.84. The highest BCUT2D eigenvalue weighted by molar-refractivity contribution is 7.22. The molecule has 2 aromatic carbocycles. The van der Waals surface area contributed by atoms with Crippen LogP contribution in [0.15, 0.2) is 54.6 Å². The molecular weight excluding hydrogens is 404 g/mol. The molecule has 4 heterocycles. The van der Waals surface area contributed by atoms with Crippen LogP contribution in [0, 0.1) is 13.8 Å². The van der Waals surface area contributed by atoms with E-state index in [-0.39, 0.29) is 6.17 Å². The Labute approximate surface area is 184 Å². The second-order valence-corrected chi connectivity index (χ2v) is 9.09. The summed E-state index contributed by atoms with van der Waals surface area (Å²) in [6, 6.07) is 19.2. The molecule has 1 N–H and O–H groups in total. The van der Waals surface area contributed by atoms with E-state index in [4.69, 9.17) is 14.7 Å². The van der Waals surface area contributed by atoms with Crippen molar-refractivity contribution < 1.29 is 4.74 Å². The van der Waals surface area contributed by atoms with Gasteiger partial charge in [0.1, 0.15) is 11.0 Å². The summed E-state index contributed by atoms with van der Waals surface area (Å²) in [4.78, 5) is 12.1. The maximum Gasteiger partial charge on any atom is 0.155 e. The number of para-hydroxylation sites is 2. The van der Waals surface area contributed by atoms with Crippen LogP contribution in [0.25, 0.3) is 32.0 Å². The summed E-state index contributed by atoms with van der Waals surface area (Å²) in [6.45, 7) is 4.71. The monoisotopic (exact) mass is 426 g/mol. The smallest absolute Gasteiger partial charge is 0.155 e. The minimum atomic E-state index is -0.0509. The third-order valence-electron chi connectivity index (χ3n) is 5.90. The molecule has 5 nitrogen and oxygen atoms in total. The van der Waals surface area contributed by atoms with E-state index in [9.17, 15) is 0 Å². The second kappa shape index (κ2) is 6.90. The molecule has 5 aromatic rings. The molecule has 6 rings (SSSR count). The van der Waals surface area contributed by atoms with Gasteiger partial charge in [0.2, 0.25) is 0 Å². The lowest BCUT2D eigenvalue weighted by Gasteiger charge is -2.29. The van der Waals surface area contributed by atoms with E-state index < -0.39 is 0 Å². The predicted molar refractivity (Wildman–Crippen MR) is 127 cm³/mol. The second-order valence-electron chi connectivity index (χ2n) is 8.09. The minimum absolute atomic E-state index is 0.0509. The maximum atomic E-state index is 5.52. The Hall–Kier alpha value is -3.22. The van der Waals surface area contributed by atoms with Gasteiger partial charge in [-0.15, -0.1) is 11.3 Å². The Morgan fingerprint density at radius 2 is 1.87 bits per heavy atom. The van der Waals surface area contributed by atoms with E-state index in [1.807, 2.05) is 13.0 Å². The van der Waals surface area contributed by atoms with Gasteiger partial charge in [0.05, 0.1) is 28.2 Å². The number of pyridine rings is 1. The van der Waals surface area contributed by atoms with E-state index in [1.54, 1.807) is 18.4 Å². The number of nitrogens with zero attached hydrogens (tertiary/aromatic N) is 3. The van der Waals surface area contributed by atoms with Gasteiger partial charge in [-0.25, -0.2) is 9.97 Å². The summed E-state index contributed by atoms with van der Waals surface area (Å²) in [7, 11) is 1.74. The van der Waals surface area contributed by atoms with Gasteiger partial charge in [-0.3, -0.25) is 4.57 Å². The number of fused-ring (bicyclic) bond motifs is 7. The summed E-state index contributed by atoms with van der Waals surface area (Å²) in [5.74, 6) is 0.990. The van der Waals surface area contributed by atoms with Crippen molar-refractivity contribution in [3.05, 3.63) is 77.0 Å². The number of imidazole rings is 1. The van der Waals surface area contributed by atoms with E-state index >= 15 is 0 Å². The Balaban J connectivity index is 1.68. The number of aryl methyl sites for hydroxylation is 2. The lowest BCUT2D eigenvalue weighted by molar-refractivity contribution is 0.186. The number of thiophene rings is 1. The molecule has 0 amide bonds. The Kier molecular flexibility index (Phi) is 4.13. The fraction of sp³-hybridized carbons (Fsp3) is 0.200. The Bertz CT molecular complexity index is 1450. The number of methoxy groups -OCH3 is 1. The van der Waals surface area contributed by atoms with Crippen LogP contribution < -0.4 is 5.32 Å². The predicted octanol–water partition coefficient (Wildman–Crippen LogP) is 6.05. The highest BCUT2D eigenvalue weighted by Gasteiger charge is 2.32. The van der Waals surface area contributed by atoms with Crippen LogP contribution in [0.4, 0.5) is 5.69 Å². The van der Waals surface area contributed by atoms with Crippen molar-refractivity contribution in [3.8, 4) is 10.7 Å². The van der Waals surface area contributed by atoms with E-state index in [0.717, 1.165) is 48.9 Å². The van der Waals surface area contributed by atoms with Crippen molar-refractivity contribution in [2.45, 2.75) is 26.6 Å². The first-order valence-corrected chi connectivity index (χ1v) is 11.2. The molecule has 1 aliphatic rings. The van der Waals surface area contributed by atoms with Crippen molar-refractivity contribution >= 4 is 38.3 Å². The van der Waals surface area contributed by atoms with Gasteiger partial charge in [-0.05, 0) is 43.2 Å². The van der Waals surface area contributed by atoms with Crippen molar-refractivity contribution in [3.63, 3.8) is 0 Å². The van der Waals surface area contributed by atoms with Crippen LogP contribution in [-0.2, 0) is 11.3 Å². The van der Waals surface area contributed by atoms with Gasteiger partial charge in [-0.2, -0.15) is 0 Å². The van der Waals surface area contributed by atoms with Crippen LogP contribution in [-0.4, -0.2) is 21.6 Å². The van der Waals surface area contributed by atoms with Gasteiger partial charge in [0.25, 0.3) is 0 Å². The topological polar surface area (TPSA) is 52.0 Å². The lowest BCUT2D eigenvalue weighted by Crippen LogP contribution is -2.24. The first-order valence-electron chi connectivity index (χ1n) is 10.4. The molecule has 0 aliphatic carbocycles. The van der Waals surface area contributed by atoms with Crippen LogP contribution in [0.2, 0.25) is 0 Å². The molecule has 154 valence electrons. The number of rotatable bonds is 3. The molecule has 1 atom stereocenters. The third-order valence-corrected chi connectivity index (χ3v) is 6.98. The SMILES string of the molecule is COCc1cc(C)nc2sc3c(c12)N[C@@H](c1ccc(C)cc1)n1c-3nc2ccccc21. The maximum absolute atomic E-state index is 5.52. The molecule has 0 radical (unpaired) electrons. The number of nitrogens with one attached hydrogen (secondary N) is 1. The molecule has 6 heteroatoms. The van der Waals surface area contributed by atoms with E-state index in [1.165, 1.54) is 11.1 Å². The van der Waals surface area contributed by atoms with E-state index in [0.29, 0.717) is 6.61 Å². The number of anilines is 1. The zero-order valence-corrected chi connectivity index (χ0v) is 18.5. The van der Waals surface area contributed by atoms with Crippen LogP contribution in [0.5, 0.6) is 0 Å². The largest absolute Gasteiger partial charge is 0.380 e. The fourth-order valence-electron chi connectivity index (χ4n) is 4.53. The average Bonchev–Trinajstić information content (AvgIpc) is 3.32. The van der Waals surface area contributed by atoms with Gasteiger partial charge in [-0.1, -0.05) is 42.0 Å². The van der Waals surface area contributed by atoms with Crippen LogP contribution in [0.3, 0.4) is 0 Å². The number of hydrogen-bond acceptors (Lipinski definition) is 5. The molecule has 0 saturated carbocycles. The third kappa shape index (κ3) is 2.79. The Morgan fingerprint density at radius 1 is 1.06 bits per heavy atom. The molecule has 31 heavy (non-hydrogen) atoms. The van der Waals surface area contributed by atoms with Crippen LogP contribution in [0.1, 0.15) is 28.6 Å². The normalized spacial score (nSPS) is 15.1. The molecule has 1 aliphatic heterocycles. The van der Waals surface area contributed by atoms with Gasteiger partial charge in [0, 0.05) is 18.2 Å². The zero-order valence-electron chi connectivity index (χ0n) is 17.6. The van der Waals surface area contributed by atoms with Gasteiger partial charge >= 0.3 is 0 Å². The highest BCUT2D eigenvalue weighted by atomic mass is 32.1. The first kappa shape index (κ1) is 18.5. The first-order chi connectivity index (χ1) is 15.1. The summed E-state index contributed by atoms with van der Waals surface area (Å²) >= 11 is 1.70. The molecular formula is C25H22N4OS. The minimum Gasteiger partial charge on any atom is -0.380 e. The molecule has 0 fully saturated rings. The highest BCUT2D eigenvalue weighted by Crippen LogP contribution is 2.49. The molecule has 0 unspecified atom stereocenters. The van der Waals surface area contributed by atoms with Crippen molar-refractivity contribution in [2.24, 2.45) is 0 Å².